The fourth-order valence-electron chi connectivity index (χ4n) is 2.20. The van der Waals surface area contributed by atoms with Crippen molar-refractivity contribution >= 4 is 40.4 Å². The molecule has 0 spiro atoms. The number of carboxylic acids is 1. The minimum absolute atomic E-state index is 0.0428. The first-order valence-corrected chi connectivity index (χ1v) is 8.11. The third-order valence-corrected chi connectivity index (χ3v) is 4.45. The number of fused-ring (bicyclic) bond motifs is 1. The Kier molecular flexibility index (Phi) is 4.45. The van der Waals surface area contributed by atoms with E-state index in [9.17, 15) is 4.79 Å². The molecule has 3 rings (SSSR count). The summed E-state index contributed by atoms with van der Waals surface area (Å²) in [7, 11) is 1.62. The van der Waals surface area contributed by atoms with E-state index in [1.165, 1.54) is 0 Å². The lowest BCUT2D eigenvalue weighted by Gasteiger charge is -2.06. The molecule has 0 saturated heterocycles. The van der Waals surface area contributed by atoms with Crippen molar-refractivity contribution in [1.82, 2.24) is 9.97 Å². The van der Waals surface area contributed by atoms with Gasteiger partial charge in [-0.25, -0.2) is 4.98 Å². The molecule has 0 amide bonds. The molecule has 23 heavy (non-hydrogen) atoms. The lowest BCUT2D eigenvalue weighted by atomic mass is 10.0. The lowest BCUT2D eigenvalue weighted by Crippen LogP contribution is -1.97. The molecule has 2 N–H and O–H groups in total. The molecule has 0 atom stereocenters. The molecule has 0 radical (unpaired) electrons. The molecule has 0 saturated carbocycles. The molecule has 1 aromatic heterocycles. The van der Waals surface area contributed by atoms with Crippen molar-refractivity contribution < 1.29 is 14.6 Å². The number of ether oxygens (including phenoxy) is 1. The van der Waals surface area contributed by atoms with Crippen LogP contribution in [-0.4, -0.2) is 33.9 Å². The maximum atomic E-state index is 10.6. The predicted octanol–water partition coefficient (Wildman–Crippen LogP) is 4.07. The zero-order valence-corrected chi connectivity index (χ0v) is 13.7. The molecule has 5 nitrogen and oxygen atoms in total. The zero-order chi connectivity index (χ0) is 16.4. The summed E-state index contributed by atoms with van der Waals surface area (Å²) in [5.74, 6) is -0.149. The van der Waals surface area contributed by atoms with Gasteiger partial charge in [-0.3, -0.25) is 4.79 Å². The van der Waals surface area contributed by atoms with Gasteiger partial charge in [0.2, 0.25) is 0 Å². The number of hydrogen-bond donors (Lipinski definition) is 2. The molecule has 2 aromatic carbocycles. The third kappa shape index (κ3) is 3.43. The number of nitrogens with zero attached hydrogens (tertiary/aromatic N) is 1. The smallest absolute Gasteiger partial charge is 0.313 e. The minimum Gasteiger partial charge on any atom is -0.497 e. The molecule has 0 aliphatic rings. The Labute approximate surface area is 141 Å². The first-order valence-electron chi connectivity index (χ1n) is 6.75. The minimum atomic E-state index is -0.882. The van der Waals surface area contributed by atoms with Crippen LogP contribution in [0, 0.1) is 0 Å². The van der Waals surface area contributed by atoms with E-state index >= 15 is 0 Å². The molecule has 0 aliphatic heterocycles. The van der Waals surface area contributed by atoms with E-state index in [4.69, 9.17) is 21.4 Å². The Bertz CT molecular complexity index is 862. The third-order valence-electron chi connectivity index (χ3n) is 3.28. The van der Waals surface area contributed by atoms with Crippen LogP contribution in [0.4, 0.5) is 0 Å². The highest BCUT2D eigenvalue weighted by Crippen LogP contribution is 2.33. The van der Waals surface area contributed by atoms with Crippen LogP contribution in [0.25, 0.3) is 22.2 Å². The molecular weight excluding hydrogens is 336 g/mol. The van der Waals surface area contributed by atoms with Crippen molar-refractivity contribution in [2.75, 3.05) is 12.9 Å². The zero-order valence-electron chi connectivity index (χ0n) is 12.2. The van der Waals surface area contributed by atoms with Gasteiger partial charge in [0.05, 0.1) is 28.9 Å². The number of benzene rings is 2. The average molecular weight is 349 g/mol. The van der Waals surface area contributed by atoms with Crippen molar-refractivity contribution in [1.29, 1.82) is 0 Å². The number of halogens is 1. The molecule has 3 aromatic rings. The largest absolute Gasteiger partial charge is 0.497 e. The number of imidazole rings is 1. The second-order valence-electron chi connectivity index (χ2n) is 4.80. The number of hydrogen-bond acceptors (Lipinski definition) is 4. The van der Waals surface area contributed by atoms with Crippen LogP contribution in [0.5, 0.6) is 5.75 Å². The van der Waals surface area contributed by atoms with E-state index in [2.05, 4.69) is 9.97 Å². The number of aromatic nitrogens is 2. The fraction of sp³-hybridized carbons (Fsp3) is 0.125. The second kappa shape index (κ2) is 6.52. The molecule has 0 aliphatic carbocycles. The van der Waals surface area contributed by atoms with Gasteiger partial charge in [-0.2, -0.15) is 0 Å². The first kappa shape index (κ1) is 15.7. The number of carboxylic acid groups (broad SMARTS) is 1. The number of H-pyrrole nitrogens is 1. The standard InChI is InChI=1S/C16H13ClN2O3S/c1-22-10-4-2-9(3-5-10)11-6-13-14(7-12(11)17)19-16(18-13)23-8-15(20)21/h2-7H,8H2,1H3,(H,18,19)(H,20,21). The Morgan fingerprint density at radius 1 is 1.35 bits per heavy atom. The van der Waals surface area contributed by atoms with Gasteiger partial charge in [0.1, 0.15) is 5.75 Å². The van der Waals surface area contributed by atoms with Gasteiger partial charge in [0.25, 0.3) is 0 Å². The van der Waals surface area contributed by atoms with Crippen molar-refractivity contribution in [3.63, 3.8) is 0 Å². The summed E-state index contributed by atoms with van der Waals surface area (Å²) in [6.07, 6.45) is 0. The van der Waals surface area contributed by atoms with E-state index in [1.54, 1.807) is 13.2 Å². The number of thioether (sulfide) groups is 1. The number of rotatable bonds is 5. The number of nitrogens with one attached hydrogen (secondary N) is 1. The molecule has 0 fully saturated rings. The normalized spacial score (nSPS) is 10.9. The van der Waals surface area contributed by atoms with Crippen LogP contribution in [0.3, 0.4) is 0 Å². The summed E-state index contributed by atoms with van der Waals surface area (Å²) in [6.45, 7) is 0. The highest BCUT2D eigenvalue weighted by atomic mass is 35.5. The van der Waals surface area contributed by atoms with Crippen molar-refractivity contribution in [2.45, 2.75) is 5.16 Å². The van der Waals surface area contributed by atoms with Crippen LogP contribution in [0.2, 0.25) is 5.02 Å². The fourth-order valence-corrected chi connectivity index (χ4v) is 3.08. The second-order valence-corrected chi connectivity index (χ2v) is 6.17. The first-order chi connectivity index (χ1) is 11.1. The van der Waals surface area contributed by atoms with Gasteiger partial charge < -0.3 is 14.8 Å². The van der Waals surface area contributed by atoms with E-state index in [1.807, 2.05) is 30.3 Å². The van der Waals surface area contributed by atoms with Crippen molar-refractivity contribution in [3.05, 3.63) is 41.4 Å². The molecule has 1 heterocycles. The van der Waals surface area contributed by atoms with Crippen LogP contribution in [0.15, 0.2) is 41.6 Å². The number of carbonyl (C=O) groups is 1. The van der Waals surface area contributed by atoms with Crippen LogP contribution in [-0.2, 0) is 4.79 Å². The maximum Gasteiger partial charge on any atom is 0.313 e. The number of aliphatic carboxylic acids is 1. The van der Waals surface area contributed by atoms with Gasteiger partial charge in [-0.15, -0.1) is 0 Å². The predicted molar refractivity (Wildman–Crippen MR) is 91.5 cm³/mol. The van der Waals surface area contributed by atoms with Crippen LogP contribution in [0.1, 0.15) is 0 Å². The Morgan fingerprint density at radius 3 is 2.74 bits per heavy atom. The van der Waals surface area contributed by atoms with Crippen molar-refractivity contribution in [2.24, 2.45) is 0 Å². The van der Waals surface area contributed by atoms with E-state index in [-0.39, 0.29) is 5.75 Å². The SMILES string of the molecule is COc1ccc(-c2cc3nc(SCC(=O)O)[nH]c3cc2Cl)cc1. The average Bonchev–Trinajstić information content (AvgIpc) is 2.94. The van der Waals surface area contributed by atoms with E-state index in [0.29, 0.717) is 10.2 Å². The highest BCUT2D eigenvalue weighted by Gasteiger charge is 2.11. The molecular formula is C16H13ClN2O3S. The van der Waals surface area contributed by atoms with Gasteiger partial charge in [-0.05, 0) is 29.8 Å². The summed E-state index contributed by atoms with van der Waals surface area (Å²) in [6, 6.07) is 11.3. The van der Waals surface area contributed by atoms with Crippen LogP contribution >= 0.6 is 23.4 Å². The van der Waals surface area contributed by atoms with Gasteiger partial charge >= 0.3 is 5.97 Å². The van der Waals surface area contributed by atoms with E-state index < -0.39 is 5.97 Å². The van der Waals surface area contributed by atoms with Gasteiger partial charge in [0.15, 0.2) is 5.16 Å². The lowest BCUT2D eigenvalue weighted by molar-refractivity contribution is -0.133. The monoisotopic (exact) mass is 348 g/mol. The van der Waals surface area contributed by atoms with Crippen molar-refractivity contribution in [3.8, 4) is 16.9 Å². The number of aromatic amines is 1. The van der Waals surface area contributed by atoms with Gasteiger partial charge in [-0.1, -0.05) is 35.5 Å². The number of methoxy groups -OCH3 is 1. The quantitative estimate of drug-likeness (QED) is 0.680. The van der Waals surface area contributed by atoms with Crippen LogP contribution < -0.4 is 4.74 Å². The summed E-state index contributed by atoms with van der Waals surface area (Å²) < 4.78 is 5.15. The Balaban J connectivity index is 1.97. The van der Waals surface area contributed by atoms with E-state index in [0.717, 1.165) is 39.7 Å². The Morgan fingerprint density at radius 2 is 2.09 bits per heavy atom. The summed E-state index contributed by atoms with van der Waals surface area (Å²) in [5.41, 5.74) is 3.34. The molecule has 118 valence electrons. The summed E-state index contributed by atoms with van der Waals surface area (Å²) >= 11 is 7.51. The molecule has 7 heteroatoms. The summed E-state index contributed by atoms with van der Waals surface area (Å²) in [5, 5.41) is 9.89. The highest BCUT2D eigenvalue weighted by molar-refractivity contribution is 7.99. The summed E-state index contributed by atoms with van der Waals surface area (Å²) in [4.78, 5) is 18.1. The van der Waals surface area contributed by atoms with Gasteiger partial charge in [0, 0.05) is 5.56 Å². The maximum absolute atomic E-state index is 10.6. The topological polar surface area (TPSA) is 75.2 Å². The molecule has 0 unspecified atom stereocenters. The Hall–Kier alpha value is -2.18. The molecule has 0 bridgehead atoms.